The van der Waals surface area contributed by atoms with E-state index in [1.807, 2.05) is 12.1 Å². The molecule has 12 nitrogen and oxygen atoms in total. The Morgan fingerprint density at radius 2 is 1.64 bits per heavy atom. The van der Waals surface area contributed by atoms with Gasteiger partial charge in [0.15, 0.2) is 6.10 Å². The van der Waals surface area contributed by atoms with Crippen LogP contribution < -0.4 is 5.32 Å². The van der Waals surface area contributed by atoms with Crippen molar-refractivity contribution in [1.82, 2.24) is 15.1 Å². The normalized spacial score (nSPS) is 22.3. The molecule has 236 valence electrons. The van der Waals surface area contributed by atoms with Gasteiger partial charge in [-0.2, -0.15) is 0 Å². The molecule has 45 heavy (non-hydrogen) atoms. The number of carboxylic acids is 1. The number of nitrogens with one attached hydrogen (secondary N) is 1. The first-order valence-corrected chi connectivity index (χ1v) is 15.7. The van der Waals surface area contributed by atoms with Crippen LogP contribution in [0.25, 0.3) is 0 Å². The molecular weight excluding hydrogens is 602 g/mol. The highest BCUT2D eigenvalue weighted by Gasteiger charge is 2.58. The Hall–Kier alpha value is -4.78. The van der Waals surface area contributed by atoms with E-state index in [-0.39, 0.29) is 35.6 Å². The summed E-state index contributed by atoms with van der Waals surface area (Å²) < 4.78 is 24.9. The molecule has 3 amide bonds. The predicted octanol–water partition coefficient (Wildman–Crippen LogP) is 2.64. The number of allylic oxidation sites excluding steroid dienone is 1. The van der Waals surface area contributed by atoms with Crippen molar-refractivity contribution in [2.24, 2.45) is 0 Å². The van der Waals surface area contributed by atoms with Crippen molar-refractivity contribution < 1.29 is 42.8 Å². The summed E-state index contributed by atoms with van der Waals surface area (Å²) in [6, 6.07) is 16.8. The highest BCUT2D eigenvalue weighted by molar-refractivity contribution is 7.86. The summed E-state index contributed by atoms with van der Waals surface area (Å²) >= 11 is 0. The Morgan fingerprint density at radius 3 is 2.20 bits per heavy atom. The Bertz CT molecular complexity index is 1580. The highest BCUT2D eigenvalue weighted by atomic mass is 32.2. The van der Waals surface area contributed by atoms with Crippen LogP contribution in [0.1, 0.15) is 44.4 Å². The number of rotatable bonds is 8. The van der Waals surface area contributed by atoms with E-state index in [9.17, 15) is 28.2 Å². The molecule has 3 aliphatic heterocycles. The maximum absolute atomic E-state index is 14.1. The van der Waals surface area contributed by atoms with Gasteiger partial charge in [-0.3, -0.25) is 23.5 Å². The fourth-order valence-corrected chi connectivity index (χ4v) is 7.04. The lowest BCUT2D eigenvalue weighted by Crippen LogP contribution is -2.73. The van der Waals surface area contributed by atoms with Crippen molar-refractivity contribution in [2.45, 2.75) is 50.3 Å². The zero-order valence-corrected chi connectivity index (χ0v) is 25.7. The van der Waals surface area contributed by atoms with E-state index in [0.29, 0.717) is 11.1 Å². The molecule has 0 aromatic heterocycles. The van der Waals surface area contributed by atoms with Gasteiger partial charge in [-0.1, -0.05) is 60.7 Å². The van der Waals surface area contributed by atoms with Crippen LogP contribution in [0, 0.1) is 0 Å². The molecule has 2 aromatic carbocycles. The fraction of sp³-hybridized carbons (Fsp3) is 0.344. The van der Waals surface area contributed by atoms with Gasteiger partial charge in [0, 0.05) is 12.1 Å². The van der Waals surface area contributed by atoms with Gasteiger partial charge in [0.1, 0.15) is 29.3 Å². The van der Waals surface area contributed by atoms with Gasteiger partial charge >= 0.3 is 18.0 Å². The smallest absolute Gasteiger partial charge is 0.408 e. The van der Waals surface area contributed by atoms with Crippen LogP contribution >= 0.6 is 0 Å². The van der Waals surface area contributed by atoms with Crippen molar-refractivity contribution in [1.29, 1.82) is 0 Å². The minimum Gasteiger partial charge on any atom is -0.480 e. The third-order valence-electron chi connectivity index (χ3n) is 7.34. The number of aliphatic carboxylic acids is 1. The lowest BCUT2D eigenvalue weighted by atomic mass is 10.00. The standard InChI is InChI=1S/C32H33N3O9S/c1-32(2,3)44-31(41)33-24-28(39)35-25(30(40)43-26(19-10-6-4-7-11-19)20-12-8-5-9-13-20)22(18-45(42)29(24)35)16-21-14-15-34(27(21)38)17-23(36)37/h4-13,16,24,26,29H,14-15,17-18H2,1-3H3,(H,33,41)(H,36,37)/b21-16+/t24-,29-,45?/m1/s1. The van der Waals surface area contributed by atoms with Gasteiger partial charge in [-0.25, -0.2) is 9.59 Å². The van der Waals surface area contributed by atoms with Crippen LogP contribution in [0.15, 0.2) is 83.6 Å². The van der Waals surface area contributed by atoms with Crippen molar-refractivity contribution in [3.63, 3.8) is 0 Å². The number of benzene rings is 2. The van der Waals surface area contributed by atoms with Gasteiger partial charge in [0.25, 0.3) is 5.91 Å². The Kier molecular flexibility index (Phi) is 8.91. The summed E-state index contributed by atoms with van der Waals surface area (Å²) in [5.74, 6) is -3.50. The maximum atomic E-state index is 14.1. The van der Waals surface area contributed by atoms with Crippen LogP contribution in [0.4, 0.5) is 4.79 Å². The second kappa shape index (κ2) is 12.7. The lowest BCUT2D eigenvalue weighted by molar-refractivity contribution is -0.153. The van der Waals surface area contributed by atoms with Crippen LogP contribution in [-0.2, 0) is 39.5 Å². The molecule has 0 spiro atoms. The molecule has 0 aliphatic carbocycles. The number of esters is 1. The van der Waals surface area contributed by atoms with E-state index in [4.69, 9.17) is 14.6 Å². The molecule has 13 heteroatoms. The zero-order valence-electron chi connectivity index (χ0n) is 24.9. The number of amides is 3. The molecule has 3 aliphatic rings. The van der Waals surface area contributed by atoms with Crippen molar-refractivity contribution in [3.8, 4) is 0 Å². The molecule has 2 N–H and O–H groups in total. The summed E-state index contributed by atoms with van der Waals surface area (Å²) in [6.45, 7) is 4.65. The number of carboxylic acid groups (broad SMARTS) is 1. The topological polar surface area (TPSA) is 160 Å². The quantitative estimate of drug-likeness (QED) is 0.253. The van der Waals surface area contributed by atoms with Gasteiger partial charge in [0.2, 0.25) is 5.91 Å². The number of ether oxygens (including phenoxy) is 2. The van der Waals surface area contributed by atoms with E-state index >= 15 is 0 Å². The van der Waals surface area contributed by atoms with Crippen molar-refractivity contribution >= 4 is 40.6 Å². The van der Waals surface area contributed by atoms with Crippen LogP contribution in [0.5, 0.6) is 0 Å². The number of hydrogen-bond donors (Lipinski definition) is 2. The van der Waals surface area contributed by atoms with Gasteiger partial charge in [-0.15, -0.1) is 0 Å². The molecule has 1 unspecified atom stereocenters. The number of hydrogen-bond acceptors (Lipinski definition) is 8. The van der Waals surface area contributed by atoms with E-state index in [2.05, 4.69) is 5.32 Å². The summed E-state index contributed by atoms with van der Waals surface area (Å²) in [5.41, 5.74) is 0.653. The summed E-state index contributed by atoms with van der Waals surface area (Å²) in [5, 5.41) is 10.6. The second-order valence-corrected chi connectivity index (χ2v) is 13.3. The molecule has 2 saturated heterocycles. The number of fused-ring (bicyclic) bond motifs is 1. The van der Waals surface area contributed by atoms with Gasteiger partial charge < -0.3 is 24.8 Å². The third-order valence-corrected chi connectivity index (χ3v) is 8.96. The third kappa shape index (κ3) is 6.83. The molecule has 0 bridgehead atoms. The molecule has 0 radical (unpaired) electrons. The van der Waals surface area contributed by atoms with Crippen LogP contribution in [0.3, 0.4) is 0 Å². The summed E-state index contributed by atoms with van der Waals surface area (Å²) in [7, 11) is -1.79. The van der Waals surface area contributed by atoms with Gasteiger partial charge in [-0.05, 0) is 50.0 Å². The molecule has 2 fully saturated rings. The Morgan fingerprint density at radius 1 is 1.04 bits per heavy atom. The number of carbonyl (C=O) groups is 5. The largest absolute Gasteiger partial charge is 0.480 e. The fourth-order valence-electron chi connectivity index (χ4n) is 5.41. The molecule has 3 heterocycles. The second-order valence-electron chi connectivity index (χ2n) is 11.8. The minimum atomic E-state index is -1.79. The molecular formula is C32H33N3O9S. The molecule has 0 saturated carbocycles. The van der Waals surface area contributed by atoms with E-state index in [1.54, 1.807) is 69.3 Å². The molecule has 5 rings (SSSR count). The number of likely N-dealkylation sites (tertiary alicyclic amines) is 1. The monoisotopic (exact) mass is 635 g/mol. The number of nitrogens with zero attached hydrogens (tertiary/aromatic N) is 2. The summed E-state index contributed by atoms with van der Waals surface area (Å²) in [6.07, 6.45) is -0.140. The van der Waals surface area contributed by atoms with Gasteiger partial charge in [0.05, 0.1) is 16.6 Å². The maximum Gasteiger partial charge on any atom is 0.408 e. The van der Waals surface area contributed by atoms with E-state index < -0.39 is 70.3 Å². The summed E-state index contributed by atoms with van der Waals surface area (Å²) in [4.78, 5) is 66.5. The average molecular weight is 636 g/mol. The SMILES string of the molecule is CC(C)(C)OC(=O)N[C@@H]1C(=O)N2C(C(=O)OC(c3ccccc3)c3ccccc3)=C(/C=C3\CCN(CC(=O)O)C3=O)CS(=O)[C@H]12. The first-order valence-electron chi connectivity index (χ1n) is 14.3. The lowest BCUT2D eigenvalue weighted by Gasteiger charge is -2.49. The van der Waals surface area contributed by atoms with Crippen molar-refractivity contribution in [2.75, 3.05) is 18.8 Å². The average Bonchev–Trinajstić information content (AvgIpc) is 3.31. The first kappa shape index (κ1) is 31.6. The number of alkyl carbamates (subject to hydrolysis) is 1. The number of carbonyl (C=O) groups excluding carboxylic acids is 4. The van der Waals surface area contributed by atoms with E-state index in [1.165, 1.54) is 6.08 Å². The number of β-lactam (4-membered cyclic amide) rings is 1. The minimum absolute atomic E-state index is 0.138. The first-order chi connectivity index (χ1) is 21.3. The van der Waals surface area contributed by atoms with Crippen molar-refractivity contribution in [3.05, 3.63) is 94.7 Å². The Balaban J connectivity index is 1.52. The predicted molar refractivity (Wildman–Crippen MR) is 162 cm³/mol. The highest BCUT2D eigenvalue weighted by Crippen LogP contribution is 2.38. The molecule has 2 aromatic rings. The zero-order chi connectivity index (χ0) is 32.5. The van der Waals surface area contributed by atoms with Crippen LogP contribution in [-0.4, -0.2) is 84.8 Å². The Labute approximate surface area is 262 Å². The van der Waals surface area contributed by atoms with Crippen LogP contribution in [0.2, 0.25) is 0 Å². The van der Waals surface area contributed by atoms with E-state index in [0.717, 1.165) is 9.80 Å². The molecule has 3 atom stereocenters.